The van der Waals surface area contributed by atoms with Crippen molar-refractivity contribution in [3.63, 3.8) is 0 Å². The van der Waals surface area contributed by atoms with Gasteiger partial charge in [0.2, 0.25) is 0 Å². The summed E-state index contributed by atoms with van der Waals surface area (Å²) in [5, 5.41) is 2.79. The Hall–Kier alpha value is -0.810. The minimum atomic E-state index is -1.49. The van der Waals surface area contributed by atoms with Gasteiger partial charge in [0.1, 0.15) is 11.6 Å². The van der Waals surface area contributed by atoms with Crippen molar-refractivity contribution in [2.45, 2.75) is 30.0 Å². The summed E-state index contributed by atoms with van der Waals surface area (Å²) in [6.45, 7) is 3.70. The van der Waals surface area contributed by atoms with Crippen LogP contribution in [0, 0.1) is 17.6 Å². The molecule has 94 valence electrons. The summed E-state index contributed by atoms with van der Waals surface area (Å²) in [6, 6.07) is 1.84. The van der Waals surface area contributed by atoms with Gasteiger partial charge >= 0.3 is 0 Å². The molecule has 1 N–H and O–H groups in total. The zero-order chi connectivity index (χ0) is 12.7. The van der Waals surface area contributed by atoms with E-state index in [0.29, 0.717) is 0 Å². The summed E-state index contributed by atoms with van der Waals surface area (Å²) in [7, 11) is 0.215. The molecule has 0 aliphatic carbocycles. The fraction of sp³-hybridized carbons (Fsp3) is 0.500. The Bertz CT molecular complexity index is 478. The van der Waals surface area contributed by atoms with E-state index in [1.807, 2.05) is 6.92 Å². The molecule has 0 saturated heterocycles. The molecule has 0 radical (unpaired) electrons. The van der Waals surface area contributed by atoms with E-state index in [-0.39, 0.29) is 27.7 Å². The van der Waals surface area contributed by atoms with Gasteiger partial charge in [0.05, 0.1) is 15.7 Å². The van der Waals surface area contributed by atoms with Gasteiger partial charge in [-0.15, -0.1) is 0 Å². The molecule has 4 unspecified atom stereocenters. The molecule has 0 bridgehead atoms. The number of fused-ring (bicyclic) bond motifs is 1. The zero-order valence-corrected chi connectivity index (χ0v) is 10.8. The highest BCUT2D eigenvalue weighted by molar-refractivity contribution is 7.85. The second kappa shape index (κ2) is 4.46. The molecule has 0 fully saturated rings. The Morgan fingerprint density at radius 1 is 1.24 bits per heavy atom. The molecule has 0 amide bonds. The van der Waals surface area contributed by atoms with Gasteiger partial charge in [-0.3, -0.25) is 4.21 Å². The third-order valence-electron chi connectivity index (χ3n) is 3.52. The number of benzene rings is 1. The molecule has 0 saturated carbocycles. The lowest BCUT2D eigenvalue weighted by Crippen LogP contribution is -2.39. The minimum absolute atomic E-state index is 0.00960. The smallest absolute Gasteiger partial charge is 0.139 e. The van der Waals surface area contributed by atoms with Crippen LogP contribution < -0.4 is 5.32 Å². The van der Waals surface area contributed by atoms with E-state index in [2.05, 4.69) is 5.32 Å². The summed E-state index contributed by atoms with van der Waals surface area (Å²) in [5.74, 6) is -1.09. The number of rotatable bonds is 1. The van der Waals surface area contributed by atoms with Crippen LogP contribution in [0.4, 0.5) is 8.78 Å². The van der Waals surface area contributed by atoms with Crippen molar-refractivity contribution >= 4 is 10.8 Å². The Morgan fingerprint density at radius 3 is 2.41 bits per heavy atom. The predicted molar refractivity (Wildman–Crippen MR) is 63.2 cm³/mol. The first-order chi connectivity index (χ1) is 7.99. The van der Waals surface area contributed by atoms with Crippen LogP contribution in [-0.4, -0.2) is 16.5 Å². The third kappa shape index (κ3) is 1.81. The van der Waals surface area contributed by atoms with Crippen molar-refractivity contribution in [1.29, 1.82) is 0 Å². The fourth-order valence-corrected chi connectivity index (χ4v) is 3.99. The lowest BCUT2D eigenvalue weighted by molar-refractivity contribution is 0.368. The fourth-order valence-electron chi connectivity index (χ4n) is 2.37. The number of hydrogen-bond acceptors (Lipinski definition) is 2. The van der Waals surface area contributed by atoms with Gasteiger partial charge in [-0.2, -0.15) is 0 Å². The summed E-state index contributed by atoms with van der Waals surface area (Å²) < 4.78 is 39.7. The standard InChI is InChI=1S/C12H15F2NOS/c1-6-7(2)17(16)12-9(14)5-4-8(13)10(12)11(6)15-3/h4-7,11,15H,1-3H3. The van der Waals surface area contributed by atoms with Crippen molar-refractivity contribution < 1.29 is 13.0 Å². The van der Waals surface area contributed by atoms with Gasteiger partial charge < -0.3 is 5.32 Å². The normalized spacial score (nSPS) is 32.3. The van der Waals surface area contributed by atoms with Crippen molar-refractivity contribution in [3.05, 3.63) is 29.3 Å². The van der Waals surface area contributed by atoms with Gasteiger partial charge in [-0.25, -0.2) is 8.78 Å². The van der Waals surface area contributed by atoms with E-state index in [9.17, 15) is 13.0 Å². The topological polar surface area (TPSA) is 29.1 Å². The Kier molecular flexibility index (Phi) is 3.32. The van der Waals surface area contributed by atoms with E-state index >= 15 is 0 Å². The average molecular weight is 259 g/mol. The molecule has 0 spiro atoms. The molecule has 17 heavy (non-hydrogen) atoms. The predicted octanol–water partition coefficient (Wildman–Crippen LogP) is 2.37. The summed E-state index contributed by atoms with van der Waals surface area (Å²) in [6.07, 6.45) is 0. The van der Waals surface area contributed by atoms with Crippen LogP contribution in [-0.2, 0) is 10.8 Å². The summed E-state index contributed by atoms with van der Waals surface area (Å²) in [4.78, 5) is 0.0231. The molecule has 1 aliphatic rings. The zero-order valence-electron chi connectivity index (χ0n) is 9.96. The highest BCUT2D eigenvalue weighted by atomic mass is 32.2. The van der Waals surface area contributed by atoms with Crippen LogP contribution in [0.25, 0.3) is 0 Å². The lowest BCUT2D eigenvalue weighted by atomic mass is 9.91. The van der Waals surface area contributed by atoms with E-state index in [4.69, 9.17) is 0 Å². The average Bonchev–Trinajstić information content (AvgIpc) is 2.31. The van der Waals surface area contributed by atoms with E-state index < -0.39 is 22.4 Å². The maximum absolute atomic E-state index is 13.8. The second-order valence-corrected chi connectivity index (χ2v) is 6.15. The molecule has 1 aliphatic heterocycles. The SMILES string of the molecule is CNC1c2c(F)ccc(F)c2S(=O)C(C)C1C. The lowest BCUT2D eigenvalue weighted by Gasteiger charge is -2.35. The maximum atomic E-state index is 13.8. The van der Waals surface area contributed by atoms with Crippen LogP contribution >= 0.6 is 0 Å². The molecule has 1 aromatic rings. The van der Waals surface area contributed by atoms with Gasteiger partial charge in [0, 0.05) is 16.9 Å². The van der Waals surface area contributed by atoms with Crippen molar-refractivity contribution in [2.24, 2.45) is 5.92 Å². The highest BCUT2D eigenvalue weighted by Gasteiger charge is 2.39. The van der Waals surface area contributed by atoms with Gasteiger partial charge in [0.25, 0.3) is 0 Å². The van der Waals surface area contributed by atoms with E-state index in [1.54, 1.807) is 14.0 Å². The molecule has 5 heteroatoms. The first kappa shape index (κ1) is 12.6. The molecule has 1 aromatic carbocycles. The minimum Gasteiger partial charge on any atom is -0.313 e. The first-order valence-electron chi connectivity index (χ1n) is 5.54. The highest BCUT2D eigenvalue weighted by Crippen LogP contribution is 2.40. The summed E-state index contributed by atoms with van der Waals surface area (Å²) in [5.41, 5.74) is 0.219. The van der Waals surface area contributed by atoms with Crippen molar-refractivity contribution in [2.75, 3.05) is 7.05 Å². The second-order valence-electron chi connectivity index (χ2n) is 4.40. The van der Waals surface area contributed by atoms with E-state index in [1.165, 1.54) is 0 Å². The molecular formula is C12H15F2NOS. The molecule has 1 heterocycles. The molecule has 4 atom stereocenters. The van der Waals surface area contributed by atoms with E-state index in [0.717, 1.165) is 12.1 Å². The Labute approximate surface area is 102 Å². The van der Waals surface area contributed by atoms with Crippen LogP contribution in [0.15, 0.2) is 17.0 Å². The number of hydrogen-bond donors (Lipinski definition) is 1. The number of nitrogens with one attached hydrogen (secondary N) is 1. The Morgan fingerprint density at radius 2 is 1.82 bits per heavy atom. The number of halogens is 2. The molecule has 0 aromatic heterocycles. The van der Waals surface area contributed by atoms with Crippen molar-refractivity contribution in [3.8, 4) is 0 Å². The first-order valence-corrected chi connectivity index (χ1v) is 6.76. The Balaban J connectivity index is 2.71. The molecule has 2 nitrogen and oxygen atoms in total. The van der Waals surface area contributed by atoms with Crippen LogP contribution in [0.1, 0.15) is 25.5 Å². The third-order valence-corrected chi connectivity index (χ3v) is 5.44. The van der Waals surface area contributed by atoms with Gasteiger partial charge in [-0.05, 0) is 25.1 Å². The van der Waals surface area contributed by atoms with Gasteiger partial charge in [-0.1, -0.05) is 13.8 Å². The molecule has 2 rings (SSSR count). The monoisotopic (exact) mass is 259 g/mol. The molecular weight excluding hydrogens is 244 g/mol. The largest absolute Gasteiger partial charge is 0.313 e. The van der Waals surface area contributed by atoms with Crippen LogP contribution in [0.2, 0.25) is 0 Å². The van der Waals surface area contributed by atoms with Crippen LogP contribution in [0.5, 0.6) is 0 Å². The summed E-state index contributed by atoms with van der Waals surface area (Å²) >= 11 is 0. The van der Waals surface area contributed by atoms with Crippen molar-refractivity contribution in [1.82, 2.24) is 5.32 Å². The van der Waals surface area contributed by atoms with Crippen LogP contribution in [0.3, 0.4) is 0 Å². The maximum Gasteiger partial charge on any atom is 0.139 e. The van der Waals surface area contributed by atoms with Gasteiger partial charge in [0.15, 0.2) is 0 Å². The quantitative estimate of drug-likeness (QED) is 0.839.